The topological polar surface area (TPSA) is 52.0 Å². The second-order valence-corrected chi connectivity index (χ2v) is 6.53. The molecule has 6 heteroatoms. The molecule has 0 unspecified atom stereocenters. The molecule has 1 aromatic carbocycles. The molecule has 126 valence electrons. The molecule has 5 nitrogen and oxygen atoms in total. The molecule has 0 spiro atoms. The fourth-order valence-electron chi connectivity index (χ4n) is 2.37. The van der Waals surface area contributed by atoms with Gasteiger partial charge in [-0.15, -0.1) is 11.3 Å². The van der Waals surface area contributed by atoms with Crippen LogP contribution < -0.4 is 10.1 Å². The number of nitrogens with one attached hydrogen (secondary N) is 1. The van der Waals surface area contributed by atoms with Crippen LogP contribution in [0.2, 0.25) is 0 Å². The number of rotatable bonds is 8. The molecule has 0 radical (unpaired) electrons. The van der Waals surface area contributed by atoms with Gasteiger partial charge in [-0.3, -0.25) is 4.68 Å². The van der Waals surface area contributed by atoms with Gasteiger partial charge in [0, 0.05) is 30.4 Å². The summed E-state index contributed by atoms with van der Waals surface area (Å²) >= 11 is 1.58. The van der Waals surface area contributed by atoms with Crippen LogP contribution in [-0.2, 0) is 13.2 Å². The Balaban J connectivity index is 1.47. The van der Waals surface area contributed by atoms with E-state index in [0.29, 0.717) is 18.7 Å². The molecule has 3 aromatic rings. The number of benzene rings is 1. The quantitative estimate of drug-likeness (QED) is 0.679. The highest BCUT2D eigenvalue weighted by atomic mass is 32.1. The van der Waals surface area contributed by atoms with E-state index < -0.39 is 0 Å². The molecule has 0 amide bonds. The Morgan fingerprint density at radius 2 is 2.08 bits per heavy atom. The van der Waals surface area contributed by atoms with Crippen LogP contribution in [0.5, 0.6) is 5.75 Å². The normalized spacial score (nSPS) is 13.6. The van der Waals surface area contributed by atoms with Gasteiger partial charge in [-0.25, -0.2) is 4.98 Å². The van der Waals surface area contributed by atoms with Crippen molar-refractivity contribution in [2.24, 2.45) is 0 Å². The van der Waals surface area contributed by atoms with Gasteiger partial charge in [0.25, 0.3) is 0 Å². The molecule has 3 rings (SSSR count). The van der Waals surface area contributed by atoms with Crippen LogP contribution in [0.1, 0.15) is 31.1 Å². The first kappa shape index (κ1) is 16.7. The van der Waals surface area contributed by atoms with Crippen LogP contribution in [0.4, 0.5) is 0 Å². The molecule has 0 aliphatic rings. The summed E-state index contributed by atoms with van der Waals surface area (Å²) in [6.07, 6.45) is 3.81. The second-order valence-electron chi connectivity index (χ2n) is 5.81. The molecule has 2 atom stereocenters. The van der Waals surface area contributed by atoms with Crippen molar-refractivity contribution < 1.29 is 4.74 Å². The Hall–Kier alpha value is -2.18. The molecule has 2 heterocycles. The molecular weight excluding hydrogens is 320 g/mol. The largest absolute Gasteiger partial charge is 0.487 e. The molecule has 0 aliphatic carbocycles. The van der Waals surface area contributed by atoms with Crippen molar-refractivity contribution in [2.75, 3.05) is 0 Å². The molecule has 1 N–H and O–H groups in total. The molecule has 24 heavy (non-hydrogen) atoms. The van der Waals surface area contributed by atoms with Gasteiger partial charge >= 0.3 is 0 Å². The summed E-state index contributed by atoms with van der Waals surface area (Å²) in [6, 6.07) is 10.8. The molecule has 2 aromatic heterocycles. The van der Waals surface area contributed by atoms with Crippen molar-refractivity contribution in [3.63, 3.8) is 0 Å². The summed E-state index contributed by atoms with van der Waals surface area (Å²) in [5.74, 6) is 0.865. The Kier molecular flexibility index (Phi) is 5.61. The number of hydrogen-bond acceptors (Lipinski definition) is 5. The third-order valence-electron chi connectivity index (χ3n) is 4.09. The van der Waals surface area contributed by atoms with Gasteiger partial charge in [-0.05, 0) is 37.6 Å². The highest BCUT2D eigenvalue weighted by Gasteiger charge is 2.13. The summed E-state index contributed by atoms with van der Waals surface area (Å²) in [5, 5.41) is 9.85. The maximum atomic E-state index is 5.73. The lowest BCUT2D eigenvalue weighted by Gasteiger charge is -2.22. The van der Waals surface area contributed by atoms with Crippen LogP contribution in [0.25, 0.3) is 0 Å². The average Bonchev–Trinajstić information content (AvgIpc) is 3.31. The molecule has 0 saturated heterocycles. The van der Waals surface area contributed by atoms with E-state index in [4.69, 9.17) is 4.74 Å². The molecule has 0 aliphatic heterocycles. The minimum absolute atomic E-state index is 0.306. The lowest BCUT2D eigenvalue weighted by Crippen LogP contribution is -2.33. The third kappa shape index (κ3) is 4.43. The van der Waals surface area contributed by atoms with Crippen molar-refractivity contribution in [1.82, 2.24) is 20.1 Å². The number of ether oxygens (including phenoxy) is 1. The van der Waals surface area contributed by atoms with Gasteiger partial charge in [-0.2, -0.15) is 5.10 Å². The molecule has 0 saturated carbocycles. The van der Waals surface area contributed by atoms with Crippen molar-refractivity contribution in [3.05, 3.63) is 64.9 Å². The van der Waals surface area contributed by atoms with Crippen molar-refractivity contribution in [3.8, 4) is 5.75 Å². The summed E-state index contributed by atoms with van der Waals surface area (Å²) in [7, 11) is 0. The lowest BCUT2D eigenvalue weighted by atomic mass is 10.1. The second kappa shape index (κ2) is 8.08. The predicted molar refractivity (Wildman–Crippen MR) is 96.1 cm³/mol. The first-order valence-corrected chi connectivity index (χ1v) is 8.98. The van der Waals surface area contributed by atoms with E-state index in [2.05, 4.69) is 41.4 Å². The van der Waals surface area contributed by atoms with Gasteiger partial charge < -0.3 is 10.1 Å². The number of nitrogens with zero attached hydrogens (tertiary/aromatic N) is 3. The van der Waals surface area contributed by atoms with E-state index in [9.17, 15) is 0 Å². The van der Waals surface area contributed by atoms with Gasteiger partial charge in [-0.1, -0.05) is 12.1 Å². The third-order valence-corrected chi connectivity index (χ3v) is 4.72. The Labute approximate surface area is 146 Å². The Morgan fingerprint density at radius 3 is 2.75 bits per heavy atom. The zero-order valence-electron chi connectivity index (χ0n) is 13.9. The van der Waals surface area contributed by atoms with E-state index in [1.807, 2.05) is 46.2 Å². The van der Waals surface area contributed by atoms with Crippen LogP contribution in [0.15, 0.2) is 53.6 Å². The minimum Gasteiger partial charge on any atom is -0.487 e. The van der Waals surface area contributed by atoms with Crippen molar-refractivity contribution >= 4 is 11.3 Å². The maximum absolute atomic E-state index is 5.73. The van der Waals surface area contributed by atoms with E-state index in [-0.39, 0.29) is 0 Å². The monoisotopic (exact) mass is 342 g/mol. The smallest absolute Gasteiger partial charge is 0.131 e. The summed E-state index contributed by atoms with van der Waals surface area (Å²) in [6.45, 7) is 5.68. The molecule has 0 fully saturated rings. The van der Waals surface area contributed by atoms with Crippen LogP contribution in [0.3, 0.4) is 0 Å². The zero-order chi connectivity index (χ0) is 16.8. The first-order valence-electron chi connectivity index (χ1n) is 8.03. The summed E-state index contributed by atoms with van der Waals surface area (Å²) in [4.78, 5) is 4.21. The highest BCUT2D eigenvalue weighted by molar-refractivity contribution is 7.07. The van der Waals surface area contributed by atoms with E-state index >= 15 is 0 Å². The van der Waals surface area contributed by atoms with E-state index in [1.165, 1.54) is 5.56 Å². The minimum atomic E-state index is 0.306. The molecule has 0 bridgehead atoms. The van der Waals surface area contributed by atoms with E-state index in [1.54, 1.807) is 11.3 Å². The Morgan fingerprint density at radius 1 is 1.25 bits per heavy atom. The first-order chi connectivity index (χ1) is 11.7. The standard InChI is InChI=1S/C18H22N4OS/c1-14(15(2)22-9-3-8-21-22)19-10-16-4-6-18(7-5-16)23-11-17-12-24-13-20-17/h3-9,12-15,19H,10-11H2,1-2H3/t14-,15+/m0/s1. The maximum Gasteiger partial charge on any atom is 0.131 e. The lowest BCUT2D eigenvalue weighted by molar-refractivity contribution is 0.302. The van der Waals surface area contributed by atoms with Crippen LogP contribution in [-0.4, -0.2) is 20.8 Å². The summed E-state index contributed by atoms with van der Waals surface area (Å²) in [5.41, 5.74) is 4.02. The van der Waals surface area contributed by atoms with Gasteiger partial charge in [0.05, 0.1) is 17.2 Å². The predicted octanol–water partition coefficient (Wildman–Crippen LogP) is 3.66. The van der Waals surface area contributed by atoms with Crippen LogP contribution >= 0.6 is 11.3 Å². The SMILES string of the molecule is C[C@H](NCc1ccc(OCc2cscn2)cc1)[C@@H](C)n1cccn1. The highest BCUT2D eigenvalue weighted by Crippen LogP contribution is 2.15. The molecular formula is C18H22N4OS. The number of thiazole rings is 1. The zero-order valence-corrected chi connectivity index (χ0v) is 14.7. The number of aromatic nitrogens is 3. The van der Waals surface area contributed by atoms with E-state index in [0.717, 1.165) is 18.0 Å². The van der Waals surface area contributed by atoms with Crippen molar-refractivity contribution in [1.29, 1.82) is 0 Å². The fourth-order valence-corrected chi connectivity index (χ4v) is 2.91. The van der Waals surface area contributed by atoms with Crippen molar-refractivity contribution in [2.45, 2.75) is 39.1 Å². The van der Waals surface area contributed by atoms with Gasteiger partial charge in [0.1, 0.15) is 12.4 Å². The van der Waals surface area contributed by atoms with Crippen LogP contribution in [0, 0.1) is 0 Å². The average molecular weight is 342 g/mol. The van der Waals surface area contributed by atoms with Gasteiger partial charge in [0.2, 0.25) is 0 Å². The number of hydrogen-bond donors (Lipinski definition) is 1. The van der Waals surface area contributed by atoms with Gasteiger partial charge in [0.15, 0.2) is 0 Å². The fraction of sp³-hybridized carbons (Fsp3) is 0.333. The summed E-state index contributed by atoms with van der Waals surface area (Å²) < 4.78 is 7.71. The Bertz CT molecular complexity index is 710.